The molecular formula is C41H41F3N16O2. The van der Waals surface area contributed by atoms with Crippen molar-refractivity contribution in [1.82, 2.24) is 64.4 Å². The Morgan fingerprint density at radius 1 is 0.903 bits per heavy atom. The van der Waals surface area contributed by atoms with Crippen LogP contribution in [-0.4, -0.2) is 127 Å². The fourth-order valence-corrected chi connectivity index (χ4v) is 9.94. The van der Waals surface area contributed by atoms with Gasteiger partial charge in [-0.3, -0.25) is 4.79 Å². The summed E-state index contributed by atoms with van der Waals surface area (Å²) in [6.45, 7) is 5.02. The molecule has 2 aromatic carbocycles. The number of aromatic nitrogens is 12. The number of carbonyl (C=O) groups excluding carboxylic acids is 1. The van der Waals surface area contributed by atoms with Crippen LogP contribution in [-0.2, 0) is 16.1 Å². The Kier molecular flexibility index (Phi) is 9.05. The van der Waals surface area contributed by atoms with E-state index in [9.17, 15) is 9.18 Å². The lowest BCUT2D eigenvalue weighted by Crippen LogP contribution is -2.62. The highest BCUT2D eigenvalue weighted by Gasteiger charge is 2.49. The van der Waals surface area contributed by atoms with Gasteiger partial charge >= 0.3 is 0 Å². The second kappa shape index (κ2) is 14.7. The zero-order valence-electron chi connectivity index (χ0n) is 34.0. The van der Waals surface area contributed by atoms with Crippen LogP contribution >= 0.6 is 0 Å². The smallest absolute Gasteiger partial charge is 0.245 e. The molecule has 21 heteroatoms. The zero-order valence-corrected chi connectivity index (χ0v) is 34.0. The van der Waals surface area contributed by atoms with Gasteiger partial charge in [0, 0.05) is 68.8 Å². The number of tetrazole rings is 1. The number of likely N-dealkylation sites (N-methyl/N-ethyl adjacent to an activating group) is 1. The Labute approximate surface area is 351 Å². The SMILES string of the molecule is CCO[C@H]1CN(C)C(=O)[C@@H]2C[C@@H](CN2c2nc(N3[C@@H]4CC(n5ncnn5)C[C@H]3C4)nc3c2cnn3-c2ccc(F)cc2F)Nc2nccc(n2)-c2cc(F)cc3nc(C)n(c23)C1. The number of carbonyl (C=O) groups is 1. The molecule has 5 aliphatic rings. The number of hydrogen-bond donors (Lipinski definition) is 1. The first-order valence-electron chi connectivity index (χ1n) is 20.7. The molecule has 18 nitrogen and oxygen atoms in total. The number of nitrogens with one attached hydrogen (secondary N) is 1. The van der Waals surface area contributed by atoms with E-state index >= 15 is 8.78 Å². The average Bonchev–Trinajstić information content (AvgIpc) is 4.07. The van der Waals surface area contributed by atoms with Crippen LogP contribution in [0.3, 0.4) is 0 Å². The first kappa shape index (κ1) is 38.2. The maximum Gasteiger partial charge on any atom is 0.245 e. The van der Waals surface area contributed by atoms with Gasteiger partial charge in [0.15, 0.2) is 17.8 Å². The Hall–Kier alpha value is -6.77. The van der Waals surface area contributed by atoms with Gasteiger partial charge in [-0.15, -0.1) is 10.2 Å². The predicted molar refractivity (Wildman–Crippen MR) is 219 cm³/mol. The number of ether oxygens (including phenoxy) is 1. The molecule has 1 amide bonds. The van der Waals surface area contributed by atoms with Crippen LogP contribution in [0.5, 0.6) is 0 Å². The molecule has 62 heavy (non-hydrogen) atoms. The fraction of sp³-hybridized carbons (Fsp3) is 0.415. The van der Waals surface area contributed by atoms with Crippen molar-refractivity contribution < 1.29 is 22.7 Å². The molecule has 3 saturated heterocycles. The van der Waals surface area contributed by atoms with Gasteiger partial charge in [0.2, 0.25) is 17.8 Å². The van der Waals surface area contributed by atoms with E-state index < -0.39 is 29.6 Å². The number of aryl methyl sites for hydroxylation is 1. The molecule has 4 aliphatic heterocycles. The van der Waals surface area contributed by atoms with Gasteiger partial charge in [-0.05, 0) is 69.0 Å². The minimum Gasteiger partial charge on any atom is -0.375 e. The first-order valence-corrected chi connectivity index (χ1v) is 20.7. The monoisotopic (exact) mass is 846 g/mol. The van der Waals surface area contributed by atoms with E-state index in [0.717, 1.165) is 25.3 Å². The summed E-state index contributed by atoms with van der Waals surface area (Å²) in [4.78, 5) is 46.8. The van der Waals surface area contributed by atoms with Crippen molar-refractivity contribution in [3.63, 3.8) is 0 Å². The van der Waals surface area contributed by atoms with E-state index in [-0.39, 0.29) is 48.9 Å². The number of rotatable bonds is 6. The molecule has 0 spiro atoms. The summed E-state index contributed by atoms with van der Waals surface area (Å²) in [7, 11) is 1.76. The van der Waals surface area contributed by atoms with Crippen LogP contribution in [0.25, 0.3) is 39.0 Å². The molecule has 1 aliphatic carbocycles. The van der Waals surface area contributed by atoms with Crippen molar-refractivity contribution in [2.45, 2.75) is 82.4 Å². The number of nitrogens with zero attached hydrogens (tertiary/aromatic N) is 15. The molecule has 1 saturated carbocycles. The molecule has 12 rings (SSSR count). The van der Waals surface area contributed by atoms with Crippen LogP contribution in [0.15, 0.2) is 55.1 Å². The van der Waals surface area contributed by atoms with Gasteiger partial charge in [0.1, 0.15) is 35.0 Å². The summed E-state index contributed by atoms with van der Waals surface area (Å²) in [5, 5.41) is 20.9. The van der Waals surface area contributed by atoms with E-state index in [2.05, 4.69) is 35.7 Å². The van der Waals surface area contributed by atoms with Crippen LogP contribution < -0.4 is 15.1 Å². The minimum absolute atomic E-state index is 0.0127. The molecule has 7 aromatic rings. The first-order chi connectivity index (χ1) is 30.1. The molecule has 5 aromatic heterocycles. The molecule has 0 radical (unpaired) electrons. The third-order valence-corrected chi connectivity index (χ3v) is 12.6. The van der Waals surface area contributed by atoms with Crippen molar-refractivity contribution in [1.29, 1.82) is 0 Å². The second-order valence-corrected chi connectivity index (χ2v) is 16.5. The molecule has 1 unspecified atom stereocenters. The van der Waals surface area contributed by atoms with E-state index in [4.69, 9.17) is 24.7 Å². The zero-order chi connectivity index (χ0) is 42.4. The van der Waals surface area contributed by atoms with Gasteiger partial charge in [-0.25, -0.2) is 32.8 Å². The Balaban J connectivity index is 1.03. The number of imidazole rings is 1. The maximum absolute atomic E-state index is 15.5. The lowest BCUT2D eigenvalue weighted by Gasteiger charge is -2.54. The van der Waals surface area contributed by atoms with Crippen molar-refractivity contribution in [2.75, 3.05) is 41.9 Å². The molecular weight excluding hydrogens is 806 g/mol. The van der Waals surface area contributed by atoms with Crippen molar-refractivity contribution >= 4 is 45.7 Å². The Morgan fingerprint density at radius 3 is 2.53 bits per heavy atom. The number of amides is 1. The summed E-state index contributed by atoms with van der Waals surface area (Å²) in [5.74, 6) is -0.345. The number of anilines is 3. The highest BCUT2D eigenvalue weighted by molar-refractivity contribution is 5.94. The van der Waals surface area contributed by atoms with E-state index in [0.29, 0.717) is 76.4 Å². The highest BCUT2D eigenvalue weighted by Crippen LogP contribution is 2.46. The topological polar surface area (TPSA) is 179 Å². The van der Waals surface area contributed by atoms with Crippen LogP contribution in [0, 0.1) is 24.4 Å². The quantitative estimate of drug-likeness (QED) is 0.251. The van der Waals surface area contributed by atoms with Crippen LogP contribution in [0.4, 0.5) is 30.9 Å². The van der Waals surface area contributed by atoms with Crippen LogP contribution in [0.1, 0.15) is 44.5 Å². The van der Waals surface area contributed by atoms with Crippen molar-refractivity contribution in [3.05, 3.63) is 78.4 Å². The highest BCUT2D eigenvalue weighted by atomic mass is 19.1. The largest absolute Gasteiger partial charge is 0.375 e. The summed E-state index contributed by atoms with van der Waals surface area (Å²) < 4.78 is 54.5. The predicted octanol–water partition coefficient (Wildman–Crippen LogP) is 4.25. The summed E-state index contributed by atoms with van der Waals surface area (Å²) in [6, 6.07) is 6.98. The van der Waals surface area contributed by atoms with Crippen molar-refractivity contribution in [3.8, 4) is 16.9 Å². The van der Waals surface area contributed by atoms with Crippen LogP contribution in [0.2, 0.25) is 0 Å². The fourth-order valence-electron chi connectivity index (χ4n) is 9.94. The standard InChI is InChI=1S/C41H41F3N16O2/c1-4-62-28-18-55(3)39(61)35-12-24(50-40-45-8-7-32(51-40)29-9-23(43)11-33-36(29)56(19-28)21(2)49-33)17-57(35)37-30-16-47-59(34-6-5-22(42)10-31(34)44)38(30)53-41(52-37)58-25-13-26(58)15-27(14-25)60-48-20-46-54-60/h5-11,16,20,24-28,35H,4,12-15,17-19H2,1-3H3,(H,45,50,51)/t24-,25-,26+,27?,28-,35-/m0/s1. The maximum atomic E-state index is 15.5. The minimum atomic E-state index is -0.808. The lowest BCUT2D eigenvalue weighted by molar-refractivity contribution is -0.133. The number of halogens is 3. The third kappa shape index (κ3) is 6.35. The number of benzene rings is 2. The molecule has 9 heterocycles. The van der Waals surface area contributed by atoms with Crippen molar-refractivity contribution in [2.24, 2.45) is 0 Å². The van der Waals surface area contributed by atoms with E-state index in [1.807, 2.05) is 23.3 Å². The molecule has 1 N–H and O–H groups in total. The Bertz CT molecular complexity index is 2860. The second-order valence-electron chi connectivity index (χ2n) is 16.5. The van der Waals surface area contributed by atoms with Gasteiger partial charge in [0.25, 0.3) is 0 Å². The van der Waals surface area contributed by atoms with Gasteiger partial charge in [-0.2, -0.15) is 19.9 Å². The van der Waals surface area contributed by atoms with E-state index in [1.165, 1.54) is 35.3 Å². The van der Waals surface area contributed by atoms with E-state index in [1.54, 1.807) is 35.2 Å². The molecule has 6 atom stereocenters. The van der Waals surface area contributed by atoms with Gasteiger partial charge in [0.05, 0.1) is 47.0 Å². The number of hydrogen-bond acceptors (Lipinski definition) is 14. The number of piperidine rings is 1. The average molecular weight is 847 g/mol. The number of fused-ring (bicyclic) bond motifs is 8. The normalized spacial score (nSPS) is 23.7. The Morgan fingerprint density at radius 2 is 1.74 bits per heavy atom. The third-order valence-electron chi connectivity index (χ3n) is 12.6. The summed E-state index contributed by atoms with van der Waals surface area (Å²) >= 11 is 0. The summed E-state index contributed by atoms with van der Waals surface area (Å²) in [5.41, 5.74) is 2.56. The molecule has 6 bridgehead atoms. The van der Waals surface area contributed by atoms with Gasteiger partial charge in [-0.1, -0.05) is 0 Å². The lowest BCUT2D eigenvalue weighted by atomic mass is 9.77. The molecule has 318 valence electrons. The van der Waals surface area contributed by atoms with Gasteiger partial charge < -0.3 is 29.3 Å². The molecule has 4 fully saturated rings. The summed E-state index contributed by atoms with van der Waals surface area (Å²) in [6.07, 6.45) is 6.87.